The van der Waals surface area contributed by atoms with E-state index in [9.17, 15) is 4.79 Å². The van der Waals surface area contributed by atoms with Crippen molar-refractivity contribution in [1.29, 1.82) is 0 Å². The third-order valence-electron chi connectivity index (χ3n) is 2.68. The van der Waals surface area contributed by atoms with Crippen LogP contribution in [0.5, 0.6) is 0 Å². The highest BCUT2D eigenvalue weighted by atomic mass is 35.5. The van der Waals surface area contributed by atoms with Crippen LogP contribution in [0.2, 0.25) is 0 Å². The molecule has 10 heavy (non-hydrogen) atoms. The number of hydrogen-bond acceptors (Lipinski definition) is 2. The van der Waals surface area contributed by atoms with E-state index in [1.807, 2.05) is 0 Å². The molecule has 2 saturated carbocycles. The first-order valence-corrected chi connectivity index (χ1v) is 3.53. The molecule has 0 amide bonds. The molecule has 3 heteroatoms. The molecule has 0 aromatic rings. The van der Waals surface area contributed by atoms with Gasteiger partial charge < -0.3 is 5.73 Å². The van der Waals surface area contributed by atoms with Gasteiger partial charge in [-0.05, 0) is 25.2 Å². The summed E-state index contributed by atoms with van der Waals surface area (Å²) in [6.45, 7) is 0. The number of Topliss-reactive ketones (excluding diaryl/α,β-unsaturated/α-hetero) is 1. The maximum Gasteiger partial charge on any atom is 0.152 e. The summed E-state index contributed by atoms with van der Waals surface area (Å²) >= 11 is 0. The highest BCUT2D eigenvalue weighted by Crippen LogP contribution is 2.43. The van der Waals surface area contributed by atoms with Crippen LogP contribution < -0.4 is 5.73 Å². The monoisotopic (exact) mass is 161 g/mol. The highest BCUT2D eigenvalue weighted by molar-refractivity contribution is 5.91. The second kappa shape index (κ2) is 2.21. The van der Waals surface area contributed by atoms with Crippen LogP contribution in [-0.4, -0.2) is 11.3 Å². The summed E-state index contributed by atoms with van der Waals surface area (Å²) in [4.78, 5) is 11.0. The number of ketones is 1. The Morgan fingerprint density at radius 3 is 2.50 bits per heavy atom. The van der Waals surface area contributed by atoms with E-state index in [2.05, 4.69) is 0 Å². The van der Waals surface area contributed by atoms with Gasteiger partial charge in [-0.1, -0.05) is 0 Å². The number of carbonyl (C=O) groups excluding carboxylic acids is 1. The van der Waals surface area contributed by atoms with Gasteiger partial charge in [-0.25, -0.2) is 0 Å². The standard InChI is InChI=1S/C7H11NO.ClH/c8-7-2-1-5(4-7)3-6(7)9;/h5H,1-4,8H2;1H. The Bertz CT molecular complexity index is 171. The van der Waals surface area contributed by atoms with Crippen molar-refractivity contribution >= 4 is 18.2 Å². The summed E-state index contributed by atoms with van der Waals surface area (Å²) in [7, 11) is 0. The lowest BCUT2D eigenvalue weighted by Crippen LogP contribution is -2.42. The van der Waals surface area contributed by atoms with Crippen LogP contribution in [-0.2, 0) is 4.79 Å². The maximum atomic E-state index is 11.0. The fourth-order valence-corrected chi connectivity index (χ4v) is 2.07. The zero-order chi connectivity index (χ0) is 6.48. The molecule has 2 aliphatic carbocycles. The lowest BCUT2D eigenvalue weighted by Gasteiger charge is -2.17. The van der Waals surface area contributed by atoms with Gasteiger partial charge in [-0.3, -0.25) is 4.79 Å². The predicted octanol–water partition coefficient (Wildman–Crippen LogP) is 0.879. The van der Waals surface area contributed by atoms with Gasteiger partial charge in [0, 0.05) is 6.42 Å². The first kappa shape index (κ1) is 8.02. The Balaban J connectivity index is 0.000000500. The molecule has 2 aliphatic rings. The molecule has 2 unspecified atom stereocenters. The molecule has 0 aromatic carbocycles. The van der Waals surface area contributed by atoms with E-state index in [-0.39, 0.29) is 17.9 Å². The largest absolute Gasteiger partial charge is 0.319 e. The van der Waals surface area contributed by atoms with Crippen LogP contribution >= 0.6 is 12.4 Å². The average Bonchev–Trinajstić information content (AvgIpc) is 2.22. The highest BCUT2D eigenvalue weighted by Gasteiger charge is 2.48. The lowest BCUT2D eigenvalue weighted by molar-refractivity contribution is -0.122. The van der Waals surface area contributed by atoms with Gasteiger partial charge in [-0.2, -0.15) is 0 Å². The Hall–Kier alpha value is -0.0800. The quantitative estimate of drug-likeness (QED) is 0.573. The van der Waals surface area contributed by atoms with Gasteiger partial charge in [-0.15, -0.1) is 12.4 Å². The topological polar surface area (TPSA) is 43.1 Å². The Labute approximate surface area is 66.6 Å². The second-order valence-electron chi connectivity index (χ2n) is 3.39. The molecule has 2 nitrogen and oxygen atoms in total. The Morgan fingerprint density at radius 1 is 1.60 bits per heavy atom. The number of halogens is 1. The van der Waals surface area contributed by atoms with Crippen molar-refractivity contribution in [2.75, 3.05) is 0 Å². The fourth-order valence-electron chi connectivity index (χ4n) is 2.07. The average molecular weight is 162 g/mol. The molecule has 2 fully saturated rings. The number of hydrogen-bond donors (Lipinski definition) is 1. The van der Waals surface area contributed by atoms with E-state index in [4.69, 9.17) is 5.73 Å². The maximum absolute atomic E-state index is 11.0. The second-order valence-corrected chi connectivity index (χ2v) is 3.39. The van der Waals surface area contributed by atoms with Gasteiger partial charge in [0.05, 0.1) is 5.54 Å². The third-order valence-corrected chi connectivity index (χ3v) is 2.68. The van der Waals surface area contributed by atoms with Crippen LogP contribution in [0.4, 0.5) is 0 Å². The molecule has 0 radical (unpaired) electrons. The summed E-state index contributed by atoms with van der Waals surface area (Å²) in [6, 6.07) is 0. The van der Waals surface area contributed by atoms with Crippen LogP contribution in [0, 0.1) is 5.92 Å². The van der Waals surface area contributed by atoms with E-state index < -0.39 is 0 Å². The van der Waals surface area contributed by atoms with Crippen molar-refractivity contribution in [2.24, 2.45) is 11.7 Å². The van der Waals surface area contributed by atoms with Crippen LogP contribution in [0.1, 0.15) is 25.7 Å². The lowest BCUT2D eigenvalue weighted by atomic mass is 9.94. The predicted molar refractivity (Wildman–Crippen MR) is 41.1 cm³/mol. The summed E-state index contributed by atoms with van der Waals surface area (Å²) in [5, 5.41) is 0. The van der Waals surface area contributed by atoms with Crippen LogP contribution in [0.3, 0.4) is 0 Å². The number of fused-ring (bicyclic) bond motifs is 2. The summed E-state index contributed by atoms with van der Waals surface area (Å²) in [6.07, 6.45) is 3.85. The van der Waals surface area contributed by atoms with E-state index >= 15 is 0 Å². The van der Waals surface area contributed by atoms with Crippen molar-refractivity contribution in [3.63, 3.8) is 0 Å². The Morgan fingerprint density at radius 2 is 2.30 bits per heavy atom. The minimum absolute atomic E-state index is 0. The zero-order valence-corrected chi connectivity index (χ0v) is 6.62. The zero-order valence-electron chi connectivity index (χ0n) is 5.80. The Kier molecular flexibility index (Phi) is 1.77. The van der Waals surface area contributed by atoms with Gasteiger partial charge >= 0.3 is 0 Å². The smallest absolute Gasteiger partial charge is 0.152 e. The summed E-state index contributed by atoms with van der Waals surface area (Å²) in [5.74, 6) is 0.946. The van der Waals surface area contributed by atoms with Crippen molar-refractivity contribution in [1.82, 2.24) is 0 Å². The van der Waals surface area contributed by atoms with Crippen molar-refractivity contribution in [3.05, 3.63) is 0 Å². The molecule has 0 saturated heterocycles. The first-order valence-electron chi connectivity index (χ1n) is 3.53. The number of nitrogens with two attached hydrogens (primary N) is 1. The number of rotatable bonds is 0. The van der Waals surface area contributed by atoms with Crippen LogP contribution in [0.25, 0.3) is 0 Å². The SMILES string of the molecule is Cl.NC12CCC(CC1=O)C2. The van der Waals surface area contributed by atoms with Gasteiger partial charge in [0.1, 0.15) is 0 Å². The van der Waals surface area contributed by atoms with Crippen LogP contribution in [0.15, 0.2) is 0 Å². The van der Waals surface area contributed by atoms with Crippen molar-refractivity contribution < 1.29 is 4.79 Å². The minimum atomic E-state index is -0.370. The molecule has 0 heterocycles. The molecule has 2 rings (SSSR count). The molecule has 2 atom stereocenters. The van der Waals surface area contributed by atoms with E-state index in [1.165, 1.54) is 6.42 Å². The first-order chi connectivity index (χ1) is 4.21. The third kappa shape index (κ3) is 0.867. The molecule has 0 aliphatic heterocycles. The van der Waals surface area contributed by atoms with Gasteiger partial charge in [0.15, 0.2) is 5.78 Å². The summed E-state index contributed by atoms with van der Waals surface area (Å²) in [5.41, 5.74) is 5.42. The molecule has 0 spiro atoms. The molecular formula is C7H12ClNO. The van der Waals surface area contributed by atoms with E-state index in [0.29, 0.717) is 11.7 Å². The molecular weight excluding hydrogens is 150 g/mol. The number of carbonyl (C=O) groups is 1. The van der Waals surface area contributed by atoms with Gasteiger partial charge in [0.25, 0.3) is 0 Å². The molecule has 58 valence electrons. The van der Waals surface area contributed by atoms with Gasteiger partial charge in [0.2, 0.25) is 0 Å². The minimum Gasteiger partial charge on any atom is -0.319 e. The fraction of sp³-hybridized carbons (Fsp3) is 0.857. The molecule has 0 aromatic heterocycles. The normalized spacial score (nSPS) is 43.7. The van der Waals surface area contributed by atoms with E-state index in [0.717, 1.165) is 19.3 Å². The molecule has 2 N–H and O–H groups in total. The van der Waals surface area contributed by atoms with E-state index in [1.54, 1.807) is 0 Å². The summed E-state index contributed by atoms with van der Waals surface area (Å²) < 4.78 is 0. The molecule has 2 bridgehead atoms. The van der Waals surface area contributed by atoms with Crippen molar-refractivity contribution in [2.45, 2.75) is 31.2 Å². The van der Waals surface area contributed by atoms with Crippen molar-refractivity contribution in [3.8, 4) is 0 Å².